The van der Waals surface area contributed by atoms with E-state index < -0.39 is 6.43 Å². The standard InChI is InChI=1S/C32H40F2N6O/c1-5-22-9-11-25(10-8-20(22)2)40-29-12-14-38(21(3)41)19-28(29)32(36-40)39-13-6-7-23-15-26(24-17-35-37(4)18-24)27(31(33)34)16-30(23)39/h12,14-18,20,22,25,31H,5-11,13,19H2,1-4H3/t20-,22?,25?/m1/s1. The van der Waals surface area contributed by atoms with Crippen LogP contribution in [0.4, 0.5) is 20.3 Å². The molecule has 1 amide bonds. The number of aromatic nitrogens is 4. The maximum atomic E-state index is 14.5. The summed E-state index contributed by atoms with van der Waals surface area (Å²) in [6.07, 6.45) is 12.1. The Hall–Kier alpha value is -3.49. The number of hydrogen-bond donors (Lipinski definition) is 0. The number of halogens is 2. The minimum atomic E-state index is -2.62. The molecule has 3 atom stereocenters. The highest BCUT2D eigenvalue weighted by molar-refractivity contribution is 5.80. The first-order chi connectivity index (χ1) is 19.7. The van der Waals surface area contributed by atoms with Crippen molar-refractivity contribution in [3.63, 3.8) is 0 Å². The second kappa shape index (κ2) is 11.1. The van der Waals surface area contributed by atoms with Crippen molar-refractivity contribution in [3.8, 4) is 11.1 Å². The molecule has 41 heavy (non-hydrogen) atoms. The number of alkyl halides is 2. The van der Waals surface area contributed by atoms with E-state index in [1.807, 2.05) is 18.3 Å². The predicted octanol–water partition coefficient (Wildman–Crippen LogP) is 7.42. The highest BCUT2D eigenvalue weighted by Crippen LogP contribution is 2.44. The largest absolute Gasteiger partial charge is 0.324 e. The van der Waals surface area contributed by atoms with Crippen LogP contribution in [0.5, 0.6) is 0 Å². The molecule has 2 aromatic heterocycles. The lowest BCUT2D eigenvalue weighted by Gasteiger charge is -2.32. The molecule has 6 rings (SSSR count). The van der Waals surface area contributed by atoms with Gasteiger partial charge in [-0.3, -0.25) is 14.2 Å². The van der Waals surface area contributed by atoms with E-state index in [4.69, 9.17) is 5.10 Å². The highest BCUT2D eigenvalue weighted by atomic mass is 19.3. The number of amides is 1. The van der Waals surface area contributed by atoms with Gasteiger partial charge in [-0.1, -0.05) is 20.3 Å². The molecule has 1 aromatic carbocycles. The van der Waals surface area contributed by atoms with Crippen molar-refractivity contribution in [3.05, 3.63) is 53.1 Å². The van der Waals surface area contributed by atoms with Gasteiger partial charge in [0.25, 0.3) is 6.43 Å². The minimum Gasteiger partial charge on any atom is -0.324 e. The molecule has 4 heterocycles. The Labute approximate surface area is 240 Å². The molecular formula is C32H40F2N6O. The average Bonchev–Trinajstić information content (AvgIpc) is 3.51. The fourth-order valence-corrected chi connectivity index (χ4v) is 7.13. The minimum absolute atomic E-state index is 0.00516. The Morgan fingerprint density at radius 3 is 2.68 bits per heavy atom. The number of aryl methyl sites for hydroxylation is 2. The lowest BCUT2D eigenvalue weighted by Crippen LogP contribution is -2.29. The number of hydrogen-bond acceptors (Lipinski definition) is 4. The van der Waals surface area contributed by atoms with Crippen molar-refractivity contribution in [2.45, 2.75) is 84.7 Å². The molecule has 7 nitrogen and oxygen atoms in total. The van der Waals surface area contributed by atoms with Gasteiger partial charge in [0.2, 0.25) is 5.91 Å². The van der Waals surface area contributed by atoms with E-state index >= 15 is 0 Å². The number of carbonyl (C=O) groups is 1. The summed E-state index contributed by atoms with van der Waals surface area (Å²) in [5, 5.41) is 9.48. The summed E-state index contributed by atoms with van der Waals surface area (Å²) in [5.41, 5.74) is 5.09. The van der Waals surface area contributed by atoms with Gasteiger partial charge in [0.1, 0.15) is 0 Å². The Bertz CT molecular complexity index is 1470. The molecule has 3 aromatic rings. The summed E-state index contributed by atoms with van der Waals surface area (Å²) in [4.78, 5) is 16.2. The zero-order valence-electron chi connectivity index (χ0n) is 24.5. The van der Waals surface area contributed by atoms with Crippen LogP contribution in [0.25, 0.3) is 17.2 Å². The van der Waals surface area contributed by atoms with E-state index in [0.717, 1.165) is 66.3 Å². The molecule has 1 saturated carbocycles. The number of carbonyl (C=O) groups excluding carboxylic acids is 1. The van der Waals surface area contributed by atoms with Crippen molar-refractivity contribution in [1.82, 2.24) is 24.5 Å². The molecule has 2 unspecified atom stereocenters. The number of fused-ring (bicyclic) bond motifs is 2. The molecule has 9 heteroatoms. The summed E-state index contributed by atoms with van der Waals surface area (Å²) in [6, 6.07) is 3.86. The van der Waals surface area contributed by atoms with Gasteiger partial charge < -0.3 is 9.80 Å². The van der Waals surface area contributed by atoms with Gasteiger partial charge in [-0.2, -0.15) is 10.2 Å². The first-order valence-electron chi connectivity index (χ1n) is 15.0. The lowest BCUT2D eigenvalue weighted by atomic mass is 9.88. The Morgan fingerprint density at radius 1 is 1.17 bits per heavy atom. The van der Waals surface area contributed by atoms with Crippen LogP contribution in [0.15, 0.2) is 30.7 Å². The van der Waals surface area contributed by atoms with E-state index in [0.29, 0.717) is 30.1 Å². The molecule has 0 saturated heterocycles. The fraction of sp³-hybridized carbons (Fsp3) is 0.531. The quantitative estimate of drug-likeness (QED) is 0.304. The molecule has 0 bridgehead atoms. The number of nitrogens with zero attached hydrogens (tertiary/aromatic N) is 6. The maximum absolute atomic E-state index is 14.5. The van der Waals surface area contributed by atoms with Crippen molar-refractivity contribution < 1.29 is 13.6 Å². The van der Waals surface area contributed by atoms with Crippen LogP contribution in [0.1, 0.15) is 94.1 Å². The molecule has 3 aliphatic rings. The van der Waals surface area contributed by atoms with Crippen molar-refractivity contribution >= 4 is 23.5 Å². The van der Waals surface area contributed by atoms with Crippen LogP contribution in [0.2, 0.25) is 0 Å². The summed E-state index contributed by atoms with van der Waals surface area (Å²) >= 11 is 0. The second-order valence-electron chi connectivity index (χ2n) is 12.1. The number of anilines is 2. The Kier molecular flexibility index (Phi) is 7.47. The molecule has 2 aliphatic heterocycles. The van der Waals surface area contributed by atoms with Crippen LogP contribution >= 0.6 is 0 Å². The van der Waals surface area contributed by atoms with Gasteiger partial charge in [0, 0.05) is 55.3 Å². The second-order valence-corrected chi connectivity index (χ2v) is 12.1. The summed E-state index contributed by atoms with van der Waals surface area (Å²) < 4.78 is 32.8. The van der Waals surface area contributed by atoms with E-state index in [1.165, 1.54) is 12.8 Å². The van der Waals surface area contributed by atoms with E-state index in [1.54, 1.807) is 42.0 Å². The monoisotopic (exact) mass is 562 g/mol. The third-order valence-corrected chi connectivity index (χ3v) is 9.55. The van der Waals surface area contributed by atoms with Gasteiger partial charge in [-0.25, -0.2) is 8.78 Å². The number of benzene rings is 1. The summed E-state index contributed by atoms with van der Waals surface area (Å²) in [7, 11) is 1.79. The fourth-order valence-electron chi connectivity index (χ4n) is 7.13. The number of rotatable bonds is 5. The van der Waals surface area contributed by atoms with Crippen LogP contribution in [-0.4, -0.2) is 36.9 Å². The molecule has 0 N–H and O–H groups in total. The topological polar surface area (TPSA) is 59.2 Å². The Balaban J connectivity index is 1.45. The van der Waals surface area contributed by atoms with E-state index in [2.05, 4.69) is 28.5 Å². The molecule has 0 spiro atoms. The zero-order chi connectivity index (χ0) is 28.8. The zero-order valence-corrected chi connectivity index (χ0v) is 24.5. The highest BCUT2D eigenvalue weighted by Gasteiger charge is 2.33. The van der Waals surface area contributed by atoms with E-state index in [-0.39, 0.29) is 17.5 Å². The van der Waals surface area contributed by atoms with Gasteiger partial charge in [0.15, 0.2) is 5.82 Å². The van der Waals surface area contributed by atoms with Gasteiger partial charge in [-0.05, 0) is 79.7 Å². The average molecular weight is 563 g/mol. The van der Waals surface area contributed by atoms with Crippen molar-refractivity contribution in [2.75, 3.05) is 11.4 Å². The first kappa shape index (κ1) is 27.7. The maximum Gasteiger partial charge on any atom is 0.264 e. The van der Waals surface area contributed by atoms with Gasteiger partial charge in [-0.15, -0.1) is 0 Å². The van der Waals surface area contributed by atoms with Crippen LogP contribution in [0, 0.1) is 11.8 Å². The van der Waals surface area contributed by atoms with E-state index in [9.17, 15) is 13.6 Å². The molecule has 0 radical (unpaired) electrons. The van der Waals surface area contributed by atoms with Gasteiger partial charge >= 0.3 is 0 Å². The molecule has 1 aliphatic carbocycles. The van der Waals surface area contributed by atoms with Crippen LogP contribution < -0.4 is 4.90 Å². The molecular weight excluding hydrogens is 522 g/mol. The lowest BCUT2D eigenvalue weighted by molar-refractivity contribution is -0.126. The third-order valence-electron chi connectivity index (χ3n) is 9.55. The van der Waals surface area contributed by atoms with Crippen LogP contribution in [-0.2, 0) is 24.8 Å². The molecule has 218 valence electrons. The van der Waals surface area contributed by atoms with Crippen molar-refractivity contribution in [2.24, 2.45) is 18.9 Å². The third kappa shape index (κ3) is 5.08. The normalized spacial score (nSPS) is 22.6. The predicted molar refractivity (Wildman–Crippen MR) is 157 cm³/mol. The first-order valence-corrected chi connectivity index (χ1v) is 15.0. The SMILES string of the molecule is CCC1CCC(n2nc(N3CCCc4cc(-c5cnn(C)c5)c(C(F)F)cc43)c3c2C=CN(C(C)=O)C3)CC[C@H]1C. The smallest absolute Gasteiger partial charge is 0.264 e. The summed E-state index contributed by atoms with van der Waals surface area (Å²) in [6.45, 7) is 7.35. The van der Waals surface area contributed by atoms with Crippen molar-refractivity contribution in [1.29, 1.82) is 0 Å². The van der Waals surface area contributed by atoms with Crippen LogP contribution in [0.3, 0.4) is 0 Å². The summed E-state index contributed by atoms with van der Waals surface area (Å²) in [5.74, 6) is 2.18. The van der Waals surface area contributed by atoms with Gasteiger partial charge in [0.05, 0.1) is 24.5 Å². The molecule has 1 fully saturated rings. The Morgan fingerprint density at radius 2 is 1.98 bits per heavy atom.